The maximum absolute atomic E-state index is 10.4. The van der Waals surface area contributed by atoms with E-state index in [2.05, 4.69) is 6.58 Å². The van der Waals surface area contributed by atoms with Crippen molar-refractivity contribution in [3.63, 3.8) is 0 Å². The average Bonchev–Trinajstić information content (AvgIpc) is 2.16. The molecule has 1 aromatic rings. The Kier molecular flexibility index (Phi) is 2.63. The summed E-state index contributed by atoms with van der Waals surface area (Å²) in [6.07, 6.45) is 0. The van der Waals surface area contributed by atoms with Crippen LogP contribution in [-0.4, -0.2) is 4.92 Å². The van der Waals surface area contributed by atoms with Crippen molar-refractivity contribution < 1.29 is 4.92 Å². The molecule has 0 radical (unpaired) electrons. The molecule has 0 bridgehead atoms. The molecule has 4 nitrogen and oxygen atoms in total. The number of non-ortho nitro benzene ring substituents is 1. The van der Waals surface area contributed by atoms with E-state index in [0.717, 1.165) is 0 Å². The number of nitriles is 1. The molecule has 0 spiro atoms. The van der Waals surface area contributed by atoms with Crippen LogP contribution in [0.2, 0.25) is 0 Å². The maximum Gasteiger partial charge on any atom is 0.269 e. The molecule has 0 heterocycles. The van der Waals surface area contributed by atoms with Gasteiger partial charge in [-0.15, -0.1) is 0 Å². The predicted octanol–water partition coefficient (Wildman–Crippen LogP) is 2.44. The smallest absolute Gasteiger partial charge is 0.258 e. The molecular formula is C10H8N2O2. The lowest BCUT2D eigenvalue weighted by atomic mass is 10.0. The number of aryl methyl sites for hydroxylation is 1. The van der Waals surface area contributed by atoms with Gasteiger partial charge in [0.2, 0.25) is 0 Å². The summed E-state index contributed by atoms with van der Waals surface area (Å²) in [4.78, 5) is 9.96. The zero-order valence-electron chi connectivity index (χ0n) is 7.65. The molecule has 0 unspecified atom stereocenters. The molecule has 0 atom stereocenters. The second kappa shape index (κ2) is 3.71. The summed E-state index contributed by atoms with van der Waals surface area (Å²) in [6.45, 7) is 5.26. The summed E-state index contributed by atoms with van der Waals surface area (Å²) in [7, 11) is 0. The standard InChI is InChI=1S/C10H8N2O2/c1-7-5-9(12(13)14)3-4-10(7)8(2)6-11/h3-5H,2H2,1H3. The molecule has 4 heteroatoms. The SMILES string of the molecule is C=C(C#N)c1ccc([N+](=O)[O-])cc1C. The zero-order chi connectivity index (χ0) is 10.7. The van der Waals surface area contributed by atoms with E-state index >= 15 is 0 Å². The highest BCUT2D eigenvalue weighted by molar-refractivity contribution is 5.77. The van der Waals surface area contributed by atoms with Crippen LogP contribution in [0, 0.1) is 28.4 Å². The first-order valence-corrected chi connectivity index (χ1v) is 3.90. The van der Waals surface area contributed by atoms with Gasteiger partial charge in [0.05, 0.1) is 16.6 Å². The van der Waals surface area contributed by atoms with Crippen LogP contribution in [0.1, 0.15) is 11.1 Å². The summed E-state index contributed by atoms with van der Waals surface area (Å²) < 4.78 is 0. The van der Waals surface area contributed by atoms with Gasteiger partial charge in [0.1, 0.15) is 0 Å². The average molecular weight is 188 g/mol. The van der Waals surface area contributed by atoms with Crippen LogP contribution in [0.15, 0.2) is 24.8 Å². The fourth-order valence-corrected chi connectivity index (χ4v) is 1.16. The van der Waals surface area contributed by atoms with Crippen molar-refractivity contribution in [2.75, 3.05) is 0 Å². The van der Waals surface area contributed by atoms with E-state index in [4.69, 9.17) is 5.26 Å². The fraction of sp³-hybridized carbons (Fsp3) is 0.100. The number of nitrogens with zero attached hydrogens (tertiary/aromatic N) is 2. The van der Waals surface area contributed by atoms with Crippen LogP contribution in [0.5, 0.6) is 0 Å². The summed E-state index contributed by atoms with van der Waals surface area (Å²) >= 11 is 0. The van der Waals surface area contributed by atoms with E-state index in [1.54, 1.807) is 13.0 Å². The van der Waals surface area contributed by atoms with Gasteiger partial charge in [0.25, 0.3) is 5.69 Å². The number of benzene rings is 1. The van der Waals surface area contributed by atoms with Gasteiger partial charge < -0.3 is 0 Å². The lowest BCUT2D eigenvalue weighted by Gasteiger charge is -2.01. The van der Waals surface area contributed by atoms with Gasteiger partial charge in [-0.1, -0.05) is 6.58 Å². The first kappa shape index (κ1) is 9.93. The molecule has 0 saturated carbocycles. The van der Waals surface area contributed by atoms with E-state index in [0.29, 0.717) is 16.7 Å². The highest BCUT2D eigenvalue weighted by Crippen LogP contribution is 2.21. The molecule has 0 amide bonds. The van der Waals surface area contributed by atoms with Crippen LogP contribution in [0.4, 0.5) is 5.69 Å². The third-order valence-corrected chi connectivity index (χ3v) is 1.88. The second-order valence-corrected chi connectivity index (χ2v) is 2.85. The van der Waals surface area contributed by atoms with Gasteiger partial charge in [0.15, 0.2) is 0 Å². The van der Waals surface area contributed by atoms with Crippen LogP contribution < -0.4 is 0 Å². The normalized spacial score (nSPS) is 9.14. The molecule has 0 fully saturated rings. The van der Waals surface area contributed by atoms with E-state index in [-0.39, 0.29) is 5.69 Å². The molecule has 0 aliphatic heterocycles. The van der Waals surface area contributed by atoms with Crippen molar-refractivity contribution in [2.24, 2.45) is 0 Å². The molecule has 1 rings (SSSR count). The quantitative estimate of drug-likeness (QED) is 0.406. The molecule has 1 aromatic carbocycles. The molecule has 0 aromatic heterocycles. The lowest BCUT2D eigenvalue weighted by Crippen LogP contribution is -1.91. The minimum atomic E-state index is -0.466. The highest BCUT2D eigenvalue weighted by Gasteiger charge is 2.09. The summed E-state index contributed by atoms with van der Waals surface area (Å²) in [6, 6.07) is 6.24. The largest absolute Gasteiger partial charge is 0.269 e. The van der Waals surface area contributed by atoms with Gasteiger partial charge in [-0.3, -0.25) is 10.1 Å². The van der Waals surface area contributed by atoms with Gasteiger partial charge in [0, 0.05) is 12.1 Å². The zero-order valence-corrected chi connectivity index (χ0v) is 7.65. The monoisotopic (exact) mass is 188 g/mol. The third kappa shape index (κ3) is 1.77. The first-order chi connectivity index (χ1) is 6.56. The Bertz CT molecular complexity index is 444. The number of nitro benzene ring substituents is 1. The number of nitro groups is 1. The van der Waals surface area contributed by atoms with Gasteiger partial charge in [-0.25, -0.2) is 0 Å². The Labute approximate surface area is 81.2 Å². The Balaban J connectivity index is 3.22. The molecule has 70 valence electrons. The highest BCUT2D eigenvalue weighted by atomic mass is 16.6. The summed E-state index contributed by atoms with van der Waals surface area (Å²) in [5.74, 6) is 0. The first-order valence-electron chi connectivity index (χ1n) is 3.90. The Morgan fingerprint density at radius 1 is 1.64 bits per heavy atom. The van der Waals surface area contributed by atoms with Gasteiger partial charge in [-0.2, -0.15) is 5.26 Å². The van der Waals surface area contributed by atoms with Crippen molar-refractivity contribution >= 4 is 11.3 Å². The molecule has 0 aliphatic rings. The molecule has 0 aliphatic carbocycles. The number of hydrogen-bond acceptors (Lipinski definition) is 3. The summed E-state index contributed by atoms with van der Waals surface area (Å²) in [5, 5.41) is 19.0. The van der Waals surface area contributed by atoms with Crippen LogP contribution in [0.25, 0.3) is 5.57 Å². The maximum atomic E-state index is 10.4. The molecule has 0 saturated heterocycles. The number of rotatable bonds is 2. The molecule has 0 N–H and O–H groups in total. The minimum Gasteiger partial charge on any atom is -0.258 e. The van der Waals surface area contributed by atoms with Crippen molar-refractivity contribution in [2.45, 2.75) is 6.92 Å². The predicted molar refractivity (Wildman–Crippen MR) is 52.5 cm³/mol. The van der Waals surface area contributed by atoms with Crippen LogP contribution >= 0.6 is 0 Å². The van der Waals surface area contributed by atoms with Crippen molar-refractivity contribution in [1.29, 1.82) is 5.26 Å². The Morgan fingerprint density at radius 3 is 2.71 bits per heavy atom. The van der Waals surface area contributed by atoms with Crippen LogP contribution in [0.3, 0.4) is 0 Å². The van der Waals surface area contributed by atoms with Gasteiger partial charge >= 0.3 is 0 Å². The van der Waals surface area contributed by atoms with E-state index in [1.807, 2.05) is 6.07 Å². The van der Waals surface area contributed by atoms with Crippen LogP contribution in [-0.2, 0) is 0 Å². The van der Waals surface area contributed by atoms with E-state index < -0.39 is 4.92 Å². The number of allylic oxidation sites excluding steroid dienone is 1. The third-order valence-electron chi connectivity index (χ3n) is 1.88. The lowest BCUT2D eigenvalue weighted by molar-refractivity contribution is -0.384. The Morgan fingerprint density at radius 2 is 2.29 bits per heavy atom. The van der Waals surface area contributed by atoms with Crippen molar-refractivity contribution in [3.8, 4) is 6.07 Å². The minimum absolute atomic E-state index is 0.0250. The fourth-order valence-electron chi connectivity index (χ4n) is 1.16. The molecular weight excluding hydrogens is 180 g/mol. The summed E-state index contributed by atoms with van der Waals surface area (Å²) in [5.41, 5.74) is 1.68. The van der Waals surface area contributed by atoms with Gasteiger partial charge in [-0.05, 0) is 24.1 Å². The topological polar surface area (TPSA) is 66.9 Å². The van der Waals surface area contributed by atoms with Crippen molar-refractivity contribution in [1.82, 2.24) is 0 Å². The molecule has 14 heavy (non-hydrogen) atoms. The van der Waals surface area contributed by atoms with Crippen molar-refractivity contribution in [3.05, 3.63) is 46.0 Å². The van der Waals surface area contributed by atoms with E-state index in [1.165, 1.54) is 12.1 Å². The second-order valence-electron chi connectivity index (χ2n) is 2.85. The number of hydrogen-bond donors (Lipinski definition) is 0. The Hall–Kier alpha value is -2.15. The van der Waals surface area contributed by atoms with E-state index in [9.17, 15) is 10.1 Å².